The molecule has 0 atom stereocenters. The van der Waals surface area contributed by atoms with Crippen molar-refractivity contribution in [2.45, 2.75) is 59.9 Å². The molecular formula is C34H38N6O2. The zero-order valence-electron chi connectivity index (χ0n) is 25.1. The fourth-order valence-electron chi connectivity index (χ4n) is 5.45. The van der Waals surface area contributed by atoms with E-state index in [4.69, 9.17) is 0 Å². The number of phenols is 2. The molecule has 6 aromatic rings. The van der Waals surface area contributed by atoms with Gasteiger partial charge in [0.1, 0.15) is 39.3 Å². The van der Waals surface area contributed by atoms with Gasteiger partial charge >= 0.3 is 0 Å². The number of aromatic nitrogens is 6. The molecule has 2 heterocycles. The van der Waals surface area contributed by atoms with E-state index in [9.17, 15) is 10.2 Å². The number of benzene rings is 4. The Kier molecular flexibility index (Phi) is 7.73. The summed E-state index contributed by atoms with van der Waals surface area (Å²) >= 11 is 0. The average Bonchev–Trinajstić information content (AvgIpc) is 3.54. The van der Waals surface area contributed by atoms with Gasteiger partial charge in [-0.1, -0.05) is 71.0 Å². The lowest BCUT2D eigenvalue weighted by molar-refractivity contribution is 0.284. The van der Waals surface area contributed by atoms with Gasteiger partial charge in [0, 0.05) is 5.56 Å². The molecule has 2 N–H and O–H groups in total. The minimum Gasteiger partial charge on any atom is -0.508 e. The molecule has 8 heteroatoms. The first-order valence-electron chi connectivity index (χ1n) is 14.1. The number of phenolic OH excluding ortho intramolecular Hbond substituents is 2. The van der Waals surface area contributed by atoms with E-state index in [1.807, 2.05) is 73.7 Å². The first kappa shape index (κ1) is 28.8. The SMILES string of the molecule is CC(C)(C)CC(C)(C)c1ccc(O)c(Cn2nc3ccccc3n2)c1.Cc1ccc(O)c(-n2nc3ccccc3n2)c1. The van der Waals surface area contributed by atoms with Crippen molar-refractivity contribution < 1.29 is 10.2 Å². The number of aromatic hydroxyl groups is 2. The van der Waals surface area contributed by atoms with Crippen molar-refractivity contribution >= 4 is 22.1 Å². The molecule has 216 valence electrons. The summed E-state index contributed by atoms with van der Waals surface area (Å²) in [4.78, 5) is 3.12. The molecule has 0 amide bonds. The second-order valence-electron chi connectivity index (χ2n) is 12.7. The van der Waals surface area contributed by atoms with Crippen molar-refractivity contribution in [2.24, 2.45) is 5.41 Å². The Labute approximate surface area is 246 Å². The molecule has 42 heavy (non-hydrogen) atoms. The molecule has 0 aliphatic carbocycles. The maximum absolute atomic E-state index is 10.3. The van der Waals surface area contributed by atoms with E-state index in [1.54, 1.807) is 16.9 Å². The summed E-state index contributed by atoms with van der Waals surface area (Å²) in [7, 11) is 0. The minimum absolute atomic E-state index is 0.0307. The number of hydrogen-bond donors (Lipinski definition) is 2. The number of aryl methyl sites for hydroxylation is 1. The molecule has 0 bridgehead atoms. The Hall–Kier alpha value is -4.72. The quantitative estimate of drug-likeness (QED) is 0.228. The van der Waals surface area contributed by atoms with E-state index in [0.29, 0.717) is 12.2 Å². The molecule has 0 unspecified atom stereocenters. The van der Waals surface area contributed by atoms with Crippen LogP contribution < -0.4 is 0 Å². The topological polar surface area (TPSA) is 102 Å². The lowest BCUT2D eigenvalue weighted by Gasteiger charge is -2.33. The standard InChI is InChI=1S/C21H27N3O.C13H11N3O/c1-20(2,3)14-21(4,5)16-10-11-19(25)15(12-16)13-24-22-17-8-6-7-9-18(17)23-24;1-9-6-7-13(17)12(8-9)16-14-10-4-2-3-5-11(10)15-16/h6-12,25H,13-14H2,1-5H3;2-8,17H,1H3. The summed E-state index contributed by atoms with van der Waals surface area (Å²) in [5.41, 5.74) is 7.36. The smallest absolute Gasteiger partial charge is 0.143 e. The second kappa shape index (κ2) is 11.3. The number of fused-ring (bicyclic) bond motifs is 2. The van der Waals surface area contributed by atoms with E-state index in [0.717, 1.165) is 39.6 Å². The van der Waals surface area contributed by atoms with Crippen LogP contribution in [0, 0.1) is 12.3 Å². The summed E-state index contributed by atoms with van der Waals surface area (Å²) in [5, 5.41) is 37.8. The van der Waals surface area contributed by atoms with Crippen molar-refractivity contribution in [2.75, 3.05) is 0 Å². The average molecular weight is 563 g/mol. The lowest BCUT2D eigenvalue weighted by atomic mass is 9.72. The molecule has 4 aromatic carbocycles. The van der Waals surface area contributed by atoms with Gasteiger partial charge < -0.3 is 10.2 Å². The predicted molar refractivity (Wildman–Crippen MR) is 167 cm³/mol. The molecule has 0 aliphatic rings. The van der Waals surface area contributed by atoms with E-state index < -0.39 is 0 Å². The monoisotopic (exact) mass is 562 g/mol. The van der Waals surface area contributed by atoms with Crippen LogP contribution in [-0.4, -0.2) is 40.2 Å². The van der Waals surface area contributed by atoms with E-state index in [-0.39, 0.29) is 22.3 Å². The van der Waals surface area contributed by atoms with E-state index in [1.165, 1.54) is 10.4 Å². The zero-order chi connectivity index (χ0) is 30.1. The Morgan fingerprint density at radius 1 is 0.643 bits per heavy atom. The van der Waals surface area contributed by atoms with Gasteiger partial charge in [0.05, 0.1) is 6.54 Å². The second-order valence-corrected chi connectivity index (χ2v) is 12.7. The van der Waals surface area contributed by atoms with Crippen molar-refractivity contribution in [3.05, 3.63) is 102 Å². The molecule has 0 fully saturated rings. The molecule has 0 saturated carbocycles. The van der Waals surface area contributed by atoms with Crippen molar-refractivity contribution in [1.29, 1.82) is 0 Å². The predicted octanol–water partition coefficient (Wildman–Crippen LogP) is 7.33. The van der Waals surface area contributed by atoms with Crippen LogP contribution in [0.2, 0.25) is 0 Å². The van der Waals surface area contributed by atoms with Crippen LogP contribution in [0.1, 0.15) is 57.7 Å². The van der Waals surface area contributed by atoms with Crippen molar-refractivity contribution in [3.63, 3.8) is 0 Å². The third kappa shape index (κ3) is 6.60. The number of rotatable bonds is 5. The number of hydrogen-bond acceptors (Lipinski definition) is 6. The summed E-state index contributed by atoms with van der Waals surface area (Å²) < 4.78 is 0. The first-order valence-corrected chi connectivity index (χ1v) is 14.1. The van der Waals surface area contributed by atoms with Gasteiger partial charge in [0.25, 0.3) is 0 Å². The Morgan fingerprint density at radius 3 is 1.71 bits per heavy atom. The molecule has 6 rings (SSSR count). The molecule has 0 saturated heterocycles. The summed E-state index contributed by atoms with van der Waals surface area (Å²) in [5.74, 6) is 0.465. The third-order valence-electron chi connectivity index (χ3n) is 7.11. The first-order chi connectivity index (χ1) is 19.9. The molecule has 2 aromatic heterocycles. The highest BCUT2D eigenvalue weighted by Crippen LogP contribution is 2.37. The fourth-order valence-corrected chi connectivity index (χ4v) is 5.45. The Bertz CT molecular complexity index is 1780. The highest BCUT2D eigenvalue weighted by Gasteiger charge is 2.28. The summed E-state index contributed by atoms with van der Waals surface area (Å²) in [6.07, 6.45) is 1.06. The summed E-state index contributed by atoms with van der Waals surface area (Å²) in [6, 6.07) is 26.7. The van der Waals surface area contributed by atoms with Crippen LogP contribution in [-0.2, 0) is 12.0 Å². The molecule has 0 spiro atoms. The van der Waals surface area contributed by atoms with Crippen LogP contribution in [0.3, 0.4) is 0 Å². The van der Waals surface area contributed by atoms with Gasteiger partial charge in [-0.2, -0.15) is 15.0 Å². The maximum Gasteiger partial charge on any atom is 0.143 e. The molecule has 0 aliphatic heterocycles. The summed E-state index contributed by atoms with van der Waals surface area (Å²) in [6.45, 7) is 13.7. The maximum atomic E-state index is 10.3. The highest BCUT2D eigenvalue weighted by atomic mass is 16.3. The molecule has 0 radical (unpaired) electrons. The minimum atomic E-state index is 0.0307. The number of nitrogens with zero attached hydrogens (tertiary/aromatic N) is 6. The van der Waals surface area contributed by atoms with E-state index in [2.05, 4.69) is 61.1 Å². The van der Waals surface area contributed by atoms with Gasteiger partial charge in [0.2, 0.25) is 0 Å². The molecular weight excluding hydrogens is 524 g/mol. The van der Waals surface area contributed by atoms with Crippen LogP contribution in [0.15, 0.2) is 84.9 Å². The third-order valence-corrected chi connectivity index (χ3v) is 7.11. The molecule has 8 nitrogen and oxygen atoms in total. The van der Waals surface area contributed by atoms with Crippen molar-refractivity contribution in [1.82, 2.24) is 30.0 Å². The van der Waals surface area contributed by atoms with Crippen molar-refractivity contribution in [3.8, 4) is 17.2 Å². The van der Waals surface area contributed by atoms with Gasteiger partial charge in [0.15, 0.2) is 0 Å². The highest BCUT2D eigenvalue weighted by molar-refractivity contribution is 5.74. The zero-order valence-corrected chi connectivity index (χ0v) is 25.1. The van der Waals surface area contributed by atoms with Gasteiger partial charge in [-0.15, -0.1) is 15.0 Å². The van der Waals surface area contributed by atoms with Gasteiger partial charge in [-0.05, 0) is 83.8 Å². The van der Waals surface area contributed by atoms with Crippen LogP contribution in [0.4, 0.5) is 0 Å². The fraction of sp³-hybridized carbons (Fsp3) is 0.294. The Balaban J connectivity index is 0.000000180. The van der Waals surface area contributed by atoms with E-state index >= 15 is 0 Å². The van der Waals surface area contributed by atoms with Crippen LogP contribution in [0.25, 0.3) is 27.8 Å². The van der Waals surface area contributed by atoms with Gasteiger partial charge in [-0.3, -0.25) is 0 Å². The largest absolute Gasteiger partial charge is 0.508 e. The van der Waals surface area contributed by atoms with Crippen LogP contribution >= 0.6 is 0 Å². The Morgan fingerprint density at radius 2 is 1.17 bits per heavy atom. The van der Waals surface area contributed by atoms with Gasteiger partial charge in [-0.25, -0.2) is 0 Å². The van der Waals surface area contributed by atoms with Crippen LogP contribution in [0.5, 0.6) is 11.5 Å². The normalized spacial score (nSPS) is 12.0. The lowest BCUT2D eigenvalue weighted by Crippen LogP contribution is -2.25.